The summed E-state index contributed by atoms with van der Waals surface area (Å²) >= 11 is 10.2. The molecule has 5 aromatic rings. The number of hydrogen-bond acceptors (Lipinski definition) is 7. The van der Waals surface area contributed by atoms with Gasteiger partial charge >= 0.3 is 0 Å². The van der Waals surface area contributed by atoms with E-state index in [1.807, 2.05) is 0 Å². The first-order valence-corrected chi connectivity index (χ1v) is 19.0. The summed E-state index contributed by atoms with van der Waals surface area (Å²) in [6, 6.07) is 23.1. The SMILES string of the molecule is COc1cccc(C(=O)CCc2cc(CN(Cc3ccc(CS(=O)O)cc3)S(=O)(=O)c3cc(Cl)cc(Cl)c3O)cc(Oc3ccc(F)cc3)c2)c1F. The molecule has 0 aliphatic carbocycles. The van der Waals surface area contributed by atoms with Crippen molar-refractivity contribution in [2.75, 3.05) is 7.11 Å². The highest BCUT2D eigenvalue weighted by Crippen LogP contribution is 2.37. The number of aryl methyl sites for hydroxylation is 1. The van der Waals surface area contributed by atoms with Gasteiger partial charge in [-0.25, -0.2) is 21.4 Å². The zero-order valence-electron chi connectivity index (χ0n) is 27.4. The summed E-state index contributed by atoms with van der Waals surface area (Å²) in [6.07, 6.45) is -0.0143. The number of carbonyl (C=O) groups is 1. The van der Waals surface area contributed by atoms with E-state index in [-0.39, 0.29) is 64.5 Å². The number of rotatable bonds is 15. The molecule has 272 valence electrons. The van der Waals surface area contributed by atoms with Crippen LogP contribution in [0.3, 0.4) is 0 Å². The van der Waals surface area contributed by atoms with E-state index in [1.54, 1.807) is 42.5 Å². The molecule has 5 rings (SSSR count). The largest absolute Gasteiger partial charge is 0.505 e. The van der Waals surface area contributed by atoms with Crippen molar-refractivity contribution in [1.29, 1.82) is 0 Å². The van der Waals surface area contributed by atoms with Crippen molar-refractivity contribution in [1.82, 2.24) is 4.31 Å². The van der Waals surface area contributed by atoms with Crippen molar-refractivity contribution in [3.63, 3.8) is 0 Å². The zero-order chi connectivity index (χ0) is 37.6. The topological polar surface area (TPSA) is 130 Å². The molecule has 0 radical (unpaired) electrons. The summed E-state index contributed by atoms with van der Waals surface area (Å²) in [4.78, 5) is 12.6. The number of benzene rings is 5. The number of ether oxygens (including phenoxy) is 2. The highest BCUT2D eigenvalue weighted by atomic mass is 35.5. The van der Waals surface area contributed by atoms with Crippen molar-refractivity contribution >= 4 is 50.1 Å². The summed E-state index contributed by atoms with van der Waals surface area (Å²) < 4.78 is 89.6. The minimum Gasteiger partial charge on any atom is -0.505 e. The lowest BCUT2D eigenvalue weighted by atomic mass is 10.0. The normalized spacial score (nSPS) is 12.1. The Labute approximate surface area is 311 Å². The first-order valence-electron chi connectivity index (χ1n) is 15.5. The van der Waals surface area contributed by atoms with Gasteiger partial charge in [-0.2, -0.15) is 4.31 Å². The van der Waals surface area contributed by atoms with Gasteiger partial charge in [0.15, 0.2) is 34.2 Å². The van der Waals surface area contributed by atoms with E-state index in [4.69, 9.17) is 32.7 Å². The Hall–Kier alpha value is -4.37. The molecular formula is C37H31Cl2F2NO8S2. The first-order chi connectivity index (χ1) is 24.7. The Morgan fingerprint density at radius 2 is 1.50 bits per heavy atom. The van der Waals surface area contributed by atoms with E-state index in [0.717, 1.165) is 10.4 Å². The van der Waals surface area contributed by atoms with Crippen LogP contribution in [0.1, 0.15) is 39.0 Å². The van der Waals surface area contributed by atoms with E-state index >= 15 is 0 Å². The molecule has 0 amide bonds. The van der Waals surface area contributed by atoms with Crippen molar-refractivity contribution < 1.29 is 45.3 Å². The lowest BCUT2D eigenvalue weighted by molar-refractivity contribution is 0.0978. The third kappa shape index (κ3) is 9.73. The second-order valence-electron chi connectivity index (χ2n) is 11.6. The number of hydrogen-bond donors (Lipinski definition) is 2. The molecule has 0 aliphatic rings. The van der Waals surface area contributed by atoms with Crippen LogP contribution in [0, 0.1) is 11.6 Å². The number of Topliss-reactive ketones (excluding diaryl/α,β-unsaturated/α-hetero) is 1. The maximum atomic E-state index is 14.9. The van der Waals surface area contributed by atoms with Crippen molar-refractivity contribution in [2.45, 2.75) is 36.6 Å². The van der Waals surface area contributed by atoms with Crippen LogP contribution < -0.4 is 9.47 Å². The van der Waals surface area contributed by atoms with Crippen LogP contribution in [0.25, 0.3) is 0 Å². The van der Waals surface area contributed by atoms with Crippen LogP contribution in [0.4, 0.5) is 8.78 Å². The molecule has 0 bridgehead atoms. The van der Waals surface area contributed by atoms with Crippen molar-refractivity contribution in [3.8, 4) is 23.0 Å². The number of phenols is 1. The molecule has 2 N–H and O–H groups in total. The number of carbonyl (C=O) groups excluding carboxylic acids is 1. The molecule has 0 fully saturated rings. The minimum absolute atomic E-state index is 0.0307. The minimum atomic E-state index is -4.53. The van der Waals surface area contributed by atoms with Crippen LogP contribution >= 0.6 is 23.2 Å². The van der Waals surface area contributed by atoms with Gasteiger partial charge in [-0.05, 0) is 89.3 Å². The maximum absolute atomic E-state index is 14.9. The van der Waals surface area contributed by atoms with Gasteiger partial charge < -0.3 is 19.1 Å². The maximum Gasteiger partial charge on any atom is 0.247 e. The highest BCUT2D eigenvalue weighted by Gasteiger charge is 2.30. The summed E-state index contributed by atoms with van der Waals surface area (Å²) in [5, 5.41) is 10.4. The number of nitrogens with zero attached hydrogens (tertiary/aromatic N) is 1. The van der Waals surface area contributed by atoms with Gasteiger partial charge in [0.05, 0.1) is 23.4 Å². The number of ketones is 1. The van der Waals surface area contributed by atoms with Gasteiger partial charge in [-0.1, -0.05) is 59.6 Å². The van der Waals surface area contributed by atoms with Gasteiger partial charge in [0.2, 0.25) is 10.0 Å². The third-order valence-corrected chi connectivity index (χ3v) is 10.7. The lowest BCUT2D eigenvalue weighted by Crippen LogP contribution is -2.30. The van der Waals surface area contributed by atoms with E-state index in [0.29, 0.717) is 22.3 Å². The molecular weight excluding hydrogens is 759 g/mol. The van der Waals surface area contributed by atoms with Gasteiger partial charge in [0, 0.05) is 24.5 Å². The number of aromatic hydroxyl groups is 1. The fraction of sp³-hybridized carbons (Fsp3) is 0.162. The van der Waals surface area contributed by atoms with Crippen molar-refractivity contribution in [2.24, 2.45) is 0 Å². The number of halogens is 4. The predicted molar refractivity (Wildman–Crippen MR) is 194 cm³/mol. The Balaban J connectivity index is 1.53. The molecule has 52 heavy (non-hydrogen) atoms. The fourth-order valence-electron chi connectivity index (χ4n) is 5.33. The van der Waals surface area contributed by atoms with E-state index in [1.165, 1.54) is 55.6 Å². The second kappa shape index (κ2) is 17.0. The molecule has 1 atom stereocenters. The lowest BCUT2D eigenvalue weighted by Gasteiger charge is -2.24. The number of phenolic OH excluding ortho intramolecular Hbond substituents is 1. The Bertz CT molecular complexity index is 2220. The third-order valence-electron chi connectivity index (χ3n) is 7.84. The molecule has 0 spiro atoms. The van der Waals surface area contributed by atoms with Crippen LogP contribution in [0.15, 0.2) is 102 Å². The van der Waals surface area contributed by atoms with Crippen LogP contribution in [0.5, 0.6) is 23.0 Å². The van der Waals surface area contributed by atoms with E-state index < -0.39 is 49.2 Å². The van der Waals surface area contributed by atoms with Gasteiger partial charge in [0.1, 0.15) is 22.2 Å². The standard InChI is InChI=1S/C37H31Cl2F2NO8S2/c1-49-34-4-2-3-31(36(34)41)33(43)14-9-25-15-26(17-30(16-25)50-29-12-10-28(40)11-13-29)21-42(20-23-5-7-24(8-6-23)22-51(45)46)52(47,48)35-19-27(38)18-32(39)37(35)44/h2-8,10-13,15-19,44H,9,14,20-22H2,1H3,(H,45,46). The van der Waals surface area contributed by atoms with Gasteiger partial charge in [-0.15, -0.1) is 0 Å². The average molecular weight is 791 g/mol. The molecule has 0 saturated carbocycles. The van der Waals surface area contributed by atoms with Crippen molar-refractivity contribution in [3.05, 3.63) is 147 Å². The van der Waals surface area contributed by atoms with Crippen LogP contribution in [-0.4, -0.2) is 39.5 Å². The quantitative estimate of drug-likeness (QED) is 0.0796. The Kier molecular flexibility index (Phi) is 12.7. The first kappa shape index (κ1) is 38.9. The summed E-state index contributed by atoms with van der Waals surface area (Å²) in [5.41, 5.74) is 1.86. The highest BCUT2D eigenvalue weighted by molar-refractivity contribution is 7.89. The predicted octanol–water partition coefficient (Wildman–Crippen LogP) is 8.71. The molecule has 0 aliphatic heterocycles. The molecule has 0 aromatic heterocycles. The fourth-order valence-corrected chi connectivity index (χ4v) is 7.97. The molecule has 1 unspecified atom stereocenters. The Morgan fingerprint density at radius 1 is 0.846 bits per heavy atom. The second-order valence-corrected chi connectivity index (χ2v) is 15.3. The molecule has 0 heterocycles. The molecule has 9 nitrogen and oxygen atoms in total. The van der Waals surface area contributed by atoms with Gasteiger partial charge in [0.25, 0.3) is 0 Å². The van der Waals surface area contributed by atoms with Crippen LogP contribution in [-0.2, 0) is 46.4 Å². The van der Waals surface area contributed by atoms with E-state index in [2.05, 4.69) is 0 Å². The summed E-state index contributed by atoms with van der Waals surface area (Å²) in [7, 11) is -3.24. The summed E-state index contributed by atoms with van der Waals surface area (Å²) in [5.74, 6) is -2.12. The molecule has 0 saturated heterocycles. The molecule has 15 heteroatoms. The summed E-state index contributed by atoms with van der Waals surface area (Å²) in [6.45, 7) is -0.513. The number of sulfonamides is 1. The van der Waals surface area contributed by atoms with E-state index in [9.17, 15) is 35.9 Å². The Morgan fingerprint density at radius 3 is 2.17 bits per heavy atom. The number of methoxy groups -OCH3 is 1. The average Bonchev–Trinajstić information content (AvgIpc) is 3.10. The van der Waals surface area contributed by atoms with Crippen LogP contribution in [0.2, 0.25) is 10.0 Å². The monoisotopic (exact) mass is 789 g/mol. The zero-order valence-corrected chi connectivity index (χ0v) is 30.5. The molecule has 5 aromatic carbocycles. The van der Waals surface area contributed by atoms with Gasteiger partial charge in [-0.3, -0.25) is 4.79 Å². The smallest absolute Gasteiger partial charge is 0.247 e.